The quantitative estimate of drug-likeness (QED) is 0.740. The van der Waals surface area contributed by atoms with Gasteiger partial charge in [0.25, 0.3) is 0 Å². The van der Waals surface area contributed by atoms with E-state index in [1.165, 1.54) is 44.1 Å². The van der Waals surface area contributed by atoms with Crippen molar-refractivity contribution in [3.63, 3.8) is 0 Å². The van der Waals surface area contributed by atoms with Crippen LogP contribution in [-0.4, -0.2) is 51.7 Å². The van der Waals surface area contributed by atoms with Gasteiger partial charge in [-0.25, -0.2) is 5.01 Å². The molecule has 0 saturated carbocycles. The fourth-order valence-corrected chi connectivity index (χ4v) is 4.05. The average Bonchev–Trinajstić information content (AvgIpc) is 2.58. The Balaban J connectivity index is 1.72. The summed E-state index contributed by atoms with van der Waals surface area (Å²) in [6.07, 6.45) is 5.39. The number of carbonyl (C=O) groups is 1. The van der Waals surface area contributed by atoms with Crippen LogP contribution in [0.25, 0.3) is 0 Å². The Hall–Kier alpha value is -0.660. The summed E-state index contributed by atoms with van der Waals surface area (Å²) in [5.41, 5.74) is 0. The SMILES string of the molecule is O=C1CCCN2C(=N1)SC(=S)N2C[NH+]1CCCCC1. The number of amidine groups is 1. The molecule has 0 aromatic carbocycles. The van der Waals surface area contributed by atoms with Crippen LogP contribution in [0.4, 0.5) is 0 Å². The van der Waals surface area contributed by atoms with Crippen molar-refractivity contribution in [1.29, 1.82) is 0 Å². The molecular formula is C12H19N4OS2+. The predicted octanol–water partition coefficient (Wildman–Crippen LogP) is 0.240. The van der Waals surface area contributed by atoms with Gasteiger partial charge >= 0.3 is 0 Å². The van der Waals surface area contributed by atoms with Crippen molar-refractivity contribution in [2.75, 3.05) is 26.3 Å². The minimum Gasteiger partial charge on any atom is -0.316 e. The number of nitrogens with one attached hydrogen (secondary N) is 1. The zero-order chi connectivity index (χ0) is 13.2. The molecule has 0 aromatic heterocycles. The largest absolute Gasteiger partial charge is 0.316 e. The molecule has 0 spiro atoms. The summed E-state index contributed by atoms with van der Waals surface area (Å²) >= 11 is 6.91. The van der Waals surface area contributed by atoms with E-state index in [1.807, 2.05) is 0 Å². The molecule has 0 atom stereocenters. The summed E-state index contributed by atoms with van der Waals surface area (Å²) in [6.45, 7) is 4.22. The Labute approximate surface area is 123 Å². The number of amides is 1. The zero-order valence-electron chi connectivity index (χ0n) is 10.9. The number of thiocarbonyl (C=S) groups is 1. The Morgan fingerprint density at radius 3 is 2.84 bits per heavy atom. The van der Waals surface area contributed by atoms with Gasteiger partial charge in [-0.3, -0.25) is 9.80 Å². The molecule has 3 rings (SSSR count). The highest BCUT2D eigenvalue weighted by Crippen LogP contribution is 2.27. The Kier molecular flexibility index (Phi) is 4.04. The Morgan fingerprint density at radius 2 is 2.05 bits per heavy atom. The van der Waals surface area contributed by atoms with Crippen molar-refractivity contribution in [2.45, 2.75) is 32.1 Å². The smallest absolute Gasteiger partial charge is 0.248 e. The maximum Gasteiger partial charge on any atom is 0.248 e. The van der Waals surface area contributed by atoms with Crippen LogP contribution in [0.3, 0.4) is 0 Å². The fourth-order valence-electron chi connectivity index (χ4n) is 2.80. The second kappa shape index (κ2) is 5.76. The minimum atomic E-state index is -0.0139. The molecule has 0 aliphatic carbocycles. The highest BCUT2D eigenvalue weighted by atomic mass is 32.2. The summed E-state index contributed by atoms with van der Waals surface area (Å²) in [7, 11) is 0. The van der Waals surface area contributed by atoms with E-state index in [1.54, 1.807) is 4.90 Å². The van der Waals surface area contributed by atoms with E-state index >= 15 is 0 Å². The summed E-state index contributed by atoms with van der Waals surface area (Å²) in [4.78, 5) is 17.3. The molecule has 0 radical (unpaired) electrons. The fraction of sp³-hybridized carbons (Fsp3) is 0.750. The van der Waals surface area contributed by atoms with Gasteiger partial charge in [0.05, 0.1) is 13.1 Å². The first-order valence-electron chi connectivity index (χ1n) is 6.96. The van der Waals surface area contributed by atoms with E-state index in [4.69, 9.17) is 12.2 Å². The molecule has 7 heteroatoms. The predicted molar refractivity (Wildman–Crippen MR) is 79.8 cm³/mol. The van der Waals surface area contributed by atoms with Gasteiger partial charge in [0.2, 0.25) is 5.91 Å². The lowest BCUT2D eigenvalue weighted by Gasteiger charge is -2.33. The molecule has 0 bridgehead atoms. The van der Waals surface area contributed by atoms with Crippen molar-refractivity contribution in [1.82, 2.24) is 10.0 Å². The van der Waals surface area contributed by atoms with Gasteiger partial charge in [0.15, 0.2) is 16.2 Å². The van der Waals surface area contributed by atoms with E-state index in [-0.39, 0.29) is 5.91 Å². The molecule has 2 fully saturated rings. The molecular weight excluding hydrogens is 280 g/mol. The van der Waals surface area contributed by atoms with Crippen LogP contribution >= 0.6 is 24.0 Å². The number of likely N-dealkylation sites (tertiary alicyclic amines) is 1. The van der Waals surface area contributed by atoms with Crippen LogP contribution in [-0.2, 0) is 4.79 Å². The van der Waals surface area contributed by atoms with Gasteiger partial charge in [0, 0.05) is 13.0 Å². The molecule has 1 N–H and O–H groups in total. The average molecular weight is 299 g/mol. The lowest BCUT2D eigenvalue weighted by molar-refractivity contribution is -0.915. The maximum absolute atomic E-state index is 11.5. The van der Waals surface area contributed by atoms with Gasteiger partial charge < -0.3 is 4.90 Å². The van der Waals surface area contributed by atoms with Crippen molar-refractivity contribution >= 4 is 39.4 Å². The van der Waals surface area contributed by atoms with Crippen molar-refractivity contribution in [2.24, 2.45) is 4.99 Å². The third-order valence-corrected chi connectivity index (χ3v) is 5.15. The van der Waals surface area contributed by atoms with Gasteiger partial charge in [0.1, 0.15) is 0 Å². The van der Waals surface area contributed by atoms with Crippen LogP contribution < -0.4 is 4.90 Å². The number of quaternary nitrogens is 1. The van der Waals surface area contributed by atoms with Crippen molar-refractivity contribution in [3.8, 4) is 0 Å². The van der Waals surface area contributed by atoms with Gasteiger partial charge in [-0.15, -0.1) is 0 Å². The maximum atomic E-state index is 11.5. The van der Waals surface area contributed by atoms with Crippen LogP contribution in [0.5, 0.6) is 0 Å². The van der Waals surface area contributed by atoms with Crippen molar-refractivity contribution < 1.29 is 9.69 Å². The van der Waals surface area contributed by atoms with Gasteiger partial charge in [-0.2, -0.15) is 4.99 Å². The first-order chi connectivity index (χ1) is 9.24. The monoisotopic (exact) mass is 299 g/mol. The Morgan fingerprint density at radius 1 is 1.26 bits per heavy atom. The number of piperidine rings is 1. The first kappa shape index (κ1) is 13.3. The molecule has 3 heterocycles. The number of rotatable bonds is 2. The molecule has 0 unspecified atom stereocenters. The number of hydrogen-bond donors (Lipinski definition) is 1. The molecule has 0 aromatic rings. The molecule has 3 aliphatic heterocycles. The molecule has 5 nitrogen and oxygen atoms in total. The normalized spacial score (nSPS) is 25.4. The topological polar surface area (TPSA) is 40.4 Å². The number of nitrogens with zero attached hydrogens (tertiary/aromatic N) is 3. The molecule has 19 heavy (non-hydrogen) atoms. The first-order valence-corrected chi connectivity index (χ1v) is 8.18. The third kappa shape index (κ3) is 2.93. The van der Waals surface area contributed by atoms with Crippen LogP contribution in [0.15, 0.2) is 4.99 Å². The van der Waals surface area contributed by atoms with Gasteiger partial charge in [-0.1, -0.05) is 12.2 Å². The second-order valence-corrected chi connectivity index (χ2v) is 6.85. The lowest BCUT2D eigenvalue weighted by atomic mass is 10.1. The standard InChI is InChI=1S/C12H18N4OS2/c17-10-5-4-8-15-11(13-10)19-12(18)16(15)9-14-6-2-1-3-7-14/h1-9H2/p+1. The molecule has 104 valence electrons. The highest BCUT2D eigenvalue weighted by molar-refractivity contribution is 8.33. The van der Waals surface area contributed by atoms with E-state index in [0.29, 0.717) is 6.42 Å². The van der Waals surface area contributed by atoms with Gasteiger partial charge in [-0.05, 0) is 37.4 Å². The van der Waals surface area contributed by atoms with Crippen LogP contribution in [0.2, 0.25) is 0 Å². The number of hydrazine groups is 1. The number of thioether (sulfide) groups is 1. The minimum absolute atomic E-state index is 0.0139. The van der Waals surface area contributed by atoms with Crippen LogP contribution in [0, 0.1) is 0 Å². The van der Waals surface area contributed by atoms with E-state index in [2.05, 4.69) is 15.0 Å². The lowest BCUT2D eigenvalue weighted by Crippen LogP contribution is -3.14. The van der Waals surface area contributed by atoms with E-state index in [9.17, 15) is 4.79 Å². The summed E-state index contributed by atoms with van der Waals surface area (Å²) in [5.74, 6) is -0.0139. The number of aliphatic imine (C=N–C) groups is 1. The number of carbonyl (C=O) groups excluding carboxylic acids is 1. The summed E-state index contributed by atoms with van der Waals surface area (Å²) < 4.78 is 0.839. The third-order valence-electron chi connectivity index (χ3n) is 3.82. The van der Waals surface area contributed by atoms with E-state index in [0.717, 1.165) is 29.1 Å². The molecule has 3 aliphatic rings. The van der Waals surface area contributed by atoms with E-state index < -0.39 is 0 Å². The summed E-state index contributed by atoms with van der Waals surface area (Å²) in [5, 5.41) is 5.04. The van der Waals surface area contributed by atoms with Crippen molar-refractivity contribution in [3.05, 3.63) is 0 Å². The second-order valence-electron chi connectivity index (χ2n) is 5.25. The zero-order valence-corrected chi connectivity index (χ0v) is 12.6. The summed E-state index contributed by atoms with van der Waals surface area (Å²) in [6, 6.07) is 0. The Bertz CT molecular complexity index is 420. The molecule has 1 amide bonds. The number of fused-ring (bicyclic) bond motifs is 1. The number of hydrogen-bond acceptors (Lipinski definition) is 4. The highest BCUT2D eigenvalue weighted by Gasteiger charge is 2.36. The molecule has 2 saturated heterocycles. The van der Waals surface area contributed by atoms with Crippen LogP contribution in [0.1, 0.15) is 32.1 Å².